The third kappa shape index (κ3) is 4.08. The summed E-state index contributed by atoms with van der Waals surface area (Å²) in [7, 11) is 0. The Kier molecular flexibility index (Phi) is 5.58. The van der Waals surface area contributed by atoms with E-state index in [0.29, 0.717) is 6.42 Å². The normalized spacial score (nSPS) is 21.8. The molecular formula is C13H22O. The van der Waals surface area contributed by atoms with E-state index in [4.69, 9.17) is 0 Å². The highest BCUT2D eigenvalue weighted by Gasteiger charge is 2.13. The van der Waals surface area contributed by atoms with Gasteiger partial charge in [0.05, 0.1) is 0 Å². The molecule has 0 aromatic rings. The van der Waals surface area contributed by atoms with Gasteiger partial charge in [-0.2, -0.15) is 0 Å². The average molecular weight is 194 g/mol. The molecule has 14 heavy (non-hydrogen) atoms. The van der Waals surface area contributed by atoms with E-state index in [1.54, 1.807) is 0 Å². The van der Waals surface area contributed by atoms with E-state index in [2.05, 4.69) is 13.0 Å². The number of hydrogen-bond donors (Lipinski definition) is 0. The molecule has 1 atom stereocenters. The maximum Gasteiger partial charge on any atom is 0.120 e. The van der Waals surface area contributed by atoms with Crippen LogP contribution in [0.3, 0.4) is 0 Å². The van der Waals surface area contributed by atoms with Crippen molar-refractivity contribution in [3.8, 4) is 0 Å². The summed E-state index contributed by atoms with van der Waals surface area (Å²) in [6, 6.07) is 0. The molecule has 0 saturated carbocycles. The molecule has 1 unspecified atom stereocenters. The van der Waals surface area contributed by atoms with Crippen LogP contribution >= 0.6 is 0 Å². The highest BCUT2D eigenvalue weighted by Crippen LogP contribution is 2.29. The predicted octanol–water partition coefficient (Wildman–Crippen LogP) is 3.88. The van der Waals surface area contributed by atoms with Crippen LogP contribution in [0, 0.1) is 5.92 Å². The van der Waals surface area contributed by atoms with Crippen molar-refractivity contribution >= 4 is 6.29 Å². The first-order chi connectivity index (χ1) is 6.86. The van der Waals surface area contributed by atoms with E-state index < -0.39 is 0 Å². The van der Waals surface area contributed by atoms with E-state index in [1.165, 1.54) is 44.1 Å². The molecule has 0 fully saturated rings. The topological polar surface area (TPSA) is 17.1 Å². The summed E-state index contributed by atoms with van der Waals surface area (Å²) in [4.78, 5) is 10.2. The fraction of sp³-hybridized carbons (Fsp3) is 0.769. The number of allylic oxidation sites excluding steroid dienone is 2. The maximum atomic E-state index is 10.2. The fourth-order valence-electron chi connectivity index (χ4n) is 2.17. The summed E-state index contributed by atoms with van der Waals surface area (Å²) >= 11 is 0. The smallest absolute Gasteiger partial charge is 0.120 e. The van der Waals surface area contributed by atoms with Crippen LogP contribution in [0.15, 0.2) is 11.6 Å². The predicted molar refractivity (Wildman–Crippen MR) is 60.2 cm³/mol. The maximum absolute atomic E-state index is 10.2. The number of aldehydes is 1. The molecule has 0 aromatic heterocycles. The number of hydrogen-bond acceptors (Lipinski definition) is 1. The Morgan fingerprint density at radius 3 is 3.00 bits per heavy atom. The molecule has 0 aliphatic heterocycles. The second kappa shape index (κ2) is 6.80. The van der Waals surface area contributed by atoms with Gasteiger partial charge in [0, 0.05) is 6.42 Å². The minimum atomic E-state index is 0.714. The third-order valence-corrected chi connectivity index (χ3v) is 3.16. The van der Waals surface area contributed by atoms with Crippen molar-refractivity contribution in [3.63, 3.8) is 0 Å². The van der Waals surface area contributed by atoms with Gasteiger partial charge in [0.15, 0.2) is 0 Å². The SMILES string of the molecule is CCCCC1CC=C(CCC=O)CC1. The van der Waals surface area contributed by atoms with Gasteiger partial charge < -0.3 is 4.79 Å². The molecular weight excluding hydrogens is 172 g/mol. The molecule has 0 amide bonds. The molecule has 1 aliphatic carbocycles. The van der Waals surface area contributed by atoms with Crippen LogP contribution in [-0.2, 0) is 4.79 Å². The second-order valence-corrected chi connectivity index (χ2v) is 4.35. The van der Waals surface area contributed by atoms with Crippen LogP contribution in [0.1, 0.15) is 58.3 Å². The lowest BCUT2D eigenvalue weighted by molar-refractivity contribution is -0.107. The Bertz CT molecular complexity index is 193. The summed E-state index contributed by atoms with van der Waals surface area (Å²) < 4.78 is 0. The van der Waals surface area contributed by atoms with E-state index >= 15 is 0 Å². The quantitative estimate of drug-likeness (QED) is 0.463. The van der Waals surface area contributed by atoms with Crippen molar-refractivity contribution in [1.29, 1.82) is 0 Å². The van der Waals surface area contributed by atoms with Crippen molar-refractivity contribution in [2.24, 2.45) is 5.92 Å². The highest BCUT2D eigenvalue weighted by atomic mass is 16.1. The fourth-order valence-corrected chi connectivity index (χ4v) is 2.17. The summed E-state index contributed by atoms with van der Waals surface area (Å²) in [6.07, 6.45) is 13.1. The third-order valence-electron chi connectivity index (χ3n) is 3.16. The molecule has 0 spiro atoms. The lowest BCUT2D eigenvalue weighted by Gasteiger charge is -2.21. The van der Waals surface area contributed by atoms with Gasteiger partial charge in [-0.05, 0) is 31.6 Å². The zero-order valence-electron chi connectivity index (χ0n) is 9.30. The molecule has 0 N–H and O–H groups in total. The van der Waals surface area contributed by atoms with Gasteiger partial charge in [-0.1, -0.05) is 37.8 Å². The van der Waals surface area contributed by atoms with Crippen LogP contribution in [0.4, 0.5) is 0 Å². The van der Waals surface area contributed by atoms with Crippen molar-refractivity contribution < 1.29 is 4.79 Å². The zero-order chi connectivity index (χ0) is 10.2. The van der Waals surface area contributed by atoms with Gasteiger partial charge >= 0.3 is 0 Å². The highest BCUT2D eigenvalue weighted by molar-refractivity contribution is 5.49. The number of rotatable bonds is 6. The summed E-state index contributed by atoms with van der Waals surface area (Å²) in [6.45, 7) is 2.26. The van der Waals surface area contributed by atoms with Crippen LogP contribution in [-0.4, -0.2) is 6.29 Å². The molecule has 0 radical (unpaired) electrons. The van der Waals surface area contributed by atoms with Gasteiger partial charge in [0.2, 0.25) is 0 Å². The van der Waals surface area contributed by atoms with Crippen molar-refractivity contribution in [3.05, 3.63) is 11.6 Å². The first kappa shape index (κ1) is 11.5. The number of carbonyl (C=O) groups excluding carboxylic acids is 1. The summed E-state index contributed by atoms with van der Waals surface area (Å²) in [5.74, 6) is 0.926. The second-order valence-electron chi connectivity index (χ2n) is 4.35. The van der Waals surface area contributed by atoms with Crippen molar-refractivity contribution in [1.82, 2.24) is 0 Å². The lowest BCUT2D eigenvalue weighted by atomic mass is 9.85. The van der Waals surface area contributed by atoms with Gasteiger partial charge in [0.1, 0.15) is 6.29 Å². The zero-order valence-corrected chi connectivity index (χ0v) is 9.30. The molecule has 1 nitrogen and oxygen atoms in total. The van der Waals surface area contributed by atoms with Gasteiger partial charge in [-0.15, -0.1) is 0 Å². The molecule has 80 valence electrons. The molecule has 1 rings (SSSR count). The molecule has 0 bridgehead atoms. The first-order valence-electron chi connectivity index (χ1n) is 5.98. The van der Waals surface area contributed by atoms with Crippen LogP contribution in [0.25, 0.3) is 0 Å². The molecule has 1 heteroatoms. The minimum Gasteiger partial charge on any atom is -0.303 e. The summed E-state index contributed by atoms with van der Waals surface area (Å²) in [5.41, 5.74) is 1.52. The molecule has 0 saturated heterocycles. The van der Waals surface area contributed by atoms with Crippen LogP contribution < -0.4 is 0 Å². The van der Waals surface area contributed by atoms with Crippen molar-refractivity contribution in [2.75, 3.05) is 0 Å². The monoisotopic (exact) mass is 194 g/mol. The van der Waals surface area contributed by atoms with E-state index in [0.717, 1.165) is 18.6 Å². The Labute approximate surface area is 87.6 Å². The van der Waals surface area contributed by atoms with E-state index in [9.17, 15) is 4.79 Å². The van der Waals surface area contributed by atoms with Gasteiger partial charge in [0.25, 0.3) is 0 Å². The Morgan fingerprint density at radius 1 is 1.57 bits per heavy atom. The van der Waals surface area contributed by atoms with E-state index in [1.807, 2.05) is 0 Å². The average Bonchev–Trinajstić information content (AvgIpc) is 2.25. The first-order valence-corrected chi connectivity index (χ1v) is 5.98. The summed E-state index contributed by atoms with van der Waals surface area (Å²) in [5, 5.41) is 0. The van der Waals surface area contributed by atoms with Gasteiger partial charge in [-0.25, -0.2) is 0 Å². The Morgan fingerprint density at radius 2 is 2.43 bits per heavy atom. The van der Waals surface area contributed by atoms with Crippen LogP contribution in [0.2, 0.25) is 0 Å². The van der Waals surface area contributed by atoms with Crippen LogP contribution in [0.5, 0.6) is 0 Å². The lowest BCUT2D eigenvalue weighted by Crippen LogP contribution is -2.05. The largest absolute Gasteiger partial charge is 0.303 e. The molecule has 1 aliphatic rings. The molecule has 0 aromatic carbocycles. The van der Waals surface area contributed by atoms with Gasteiger partial charge in [-0.3, -0.25) is 0 Å². The number of unbranched alkanes of at least 4 members (excludes halogenated alkanes) is 1. The van der Waals surface area contributed by atoms with E-state index in [-0.39, 0.29) is 0 Å². The Hall–Kier alpha value is -0.590. The number of carbonyl (C=O) groups is 1. The minimum absolute atomic E-state index is 0.714. The molecule has 0 heterocycles. The van der Waals surface area contributed by atoms with Crippen molar-refractivity contribution in [2.45, 2.75) is 58.3 Å². The standard InChI is InChI=1S/C13H22O/c1-2-3-5-12-7-9-13(10-8-12)6-4-11-14/h9,11-12H,2-8,10H2,1H3. The Balaban J connectivity index is 2.21.